The van der Waals surface area contributed by atoms with Gasteiger partial charge in [0.25, 0.3) is 5.91 Å². The Morgan fingerprint density at radius 1 is 1.31 bits per heavy atom. The van der Waals surface area contributed by atoms with Gasteiger partial charge in [-0.05, 0) is 12.1 Å². The quantitative estimate of drug-likeness (QED) is 0.582. The zero-order valence-electron chi connectivity index (χ0n) is 8.34. The van der Waals surface area contributed by atoms with Crippen LogP contribution in [-0.4, -0.2) is 30.7 Å². The largest absolute Gasteiger partial charge is 0.335 e. The first kappa shape index (κ1) is 12.2. The number of nitrogens with zero attached hydrogens (tertiary/aromatic N) is 1. The standard InChI is InChI=1S/C10H8F3NO2/c1-14(4-5-15)10(16)6-2-3-7(11)9(13)8(6)12/h2-3,5H,4H2,1H3. The second kappa shape index (κ2) is 4.78. The van der Waals surface area contributed by atoms with E-state index >= 15 is 0 Å². The Kier molecular flexibility index (Phi) is 3.65. The molecule has 0 aliphatic carbocycles. The molecule has 1 aromatic rings. The summed E-state index contributed by atoms with van der Waals surface area (Å²) in [6.07, 6.45) is 0.440. The molecule has 0 bridgehead atoms. The Hall–Kier alpha value is -1.85. The van der Waals surface area contributed by atoms with Crippen LogP contribution in [0, 0.1) is 17.5 Å². The summed E-state index contributed by atoms with van der Waals surface area (Å²) in [5.74, 6) is -5.51. The van der Waals surface area contributed by atoms with Gasteiger partial charge in [0.1, 0.15) is 6.29 Å². The van der Waals surface area contributed by atoms with Gasteiger partial charge in [-0.3, -0.25) is 4.79 Å². The van der Waals surface area contributed by atoms with Crippen molar-refractivity contribution in [2.75, 3.05) is 13.6 Å². The van der Waals surface area contributed by atoms with Crippen molar-refractivity contribution >= 4 is 12.2 Å². The van der Waals surface area contributed by atoms with Crippen molar-refractivity contribution in [3.8, 4) is 0 Å². The first-order valence-electron chi connectivity index (χ1n) is 4.31. The molecule has 3 nitrogen and oxygen atoms in total. The maximum absolute atomic E-state index is 13.2. The molecule has 0 aliphatic heterocycles. The van der Waals surface area contributed by atoms with Crippen molar-refractivity contribution in [3.63, 3.8) is 0 Å². The molecule has 0 N–H and O–H groups in total. The predicted molar refractivity (Wildman–Crippen MR) is 49.3 cm³/mol. The van der Waals surface area contributed by atoms with Crippen LogP contribution in [0.3, 0.4) is 0 Å². The van der Waals surface area contributed by atoms with E-state index in [1.54, 1.807) is 0 Å². The average molecular weight is 231 g/mol. The number of aldehydes is 1. The lowest BCUT2D eigenvalue weighted by atomic mass is 10.1. The van der Waals surface area contributed by atoms with Gasteiger partial charge in [0.05, 0.1) is 12.1 Å². The van der Waals surface area contributed by atoms with Gasteiger partial charge in [-0.15, -0.1) is 0 Å². The topological polar surface area (TPSA) is 37.4 Å². The van der Waals surface area contributed by atoms with Crippen LogP contribution in [-0.2, 0) is 4.79 Å². The Balaban J connectivity index is 3.10. The Bertz CT molecular complexity index is 434. The number of rotatable bonds is 3. The summed E-state index contributed by atoms with van der Waals surface area (Å²) in [5, 5.41) is 0. The van der Waals surface area contributed by atoms with Gasteiger partial charge >= 0.3 is 0 Å². The van der Waals surface area contributed by atoms with Gasteiger partial charge in [0.15, 0.2) is 17.5 Å². The van der Waals surface area contributed by atoms with Gasteiger partial charge in [0, 0.05) is 7.05 Å². The molecule has 0 atom stereocenters. The van der Waals surface area contributed by atoms with E-state index in [0.717, 1.165) is 11.0 Å². The van der Waals surface area contributed by atoms with E-state index in [0.29, 0.717) is 12.4 Å². The lowest BCUT2D eigenvalue weighted by molar-refractivity contribution is -0.108. The van der Waals surface area contributed by atoms with Crippen molar-refractivity contribution in [3.05, 3.63) is 35.1 Å². The average Bonchev–Trinajstić information content (AvgIpc) is 2.26. The molecule has 0 aromatic heterocycles. The molecule has 0 spiro atoms. The number of halogens is 3. The molecule has 6 heteroatoms. The van der Waals surface area contributed by atoms with Gasteiger partial charge in [-0.25, -0.2) is 13.2 Å². The SMILES string of the molecule is CN(CC=O)C(=O)c1ccc(F)c(F)c1F. The summed E-state index contributed by atoms with van der Waals surface area (Å²) in [5.41, 5.74) is -0.608. The van der Waals surface area contributed by atoms with E-state index in [9.17, 15) is 22.8 Å². The van der Waals surface area contributed by atoms with Gasteiger partial charge in [-0.1, -0.05) is 0 Å². The zero-order valence-corrected chi connectivity index (χ0v) is 8.34. The molecule has 0 unspecified atom stereocenters. The first-order chi connectivity index (χ1) is 7.49. The van der Waals surface area contributed by atoms with Crippen molar-refractivity contribution in [2.24, 2.45) is 0 Å². The Morgan fingerprint density at radius 2 is 1.94 bits per heavy atom. The number of carbonyl (C=O) groups is 2. The van der Waals surface area contributed by atoms with Crippen molar-refractivity contribution in [1.29, 1.82) is 0 Å². The van der Waals surface area contributed by atoms with Gasteiger partial charge in [-0.2, -0.15) is 0 Å². The molecule has 1 aromatic carbocycles. The molecule has 0 aliphatic rings. The molecule has 0 saturated heterocycles. The van der Waals surface area contributed by atoms with E-state index in [4.69, 9.17) is 0 Å². The second-order valence-electron chi connectivity index (χ2n) is 3.08. The summed E-state index contributed by atoms with van der Waals surface area (Å²) in [7, 11) is 1.25. The van der Waals surface area contributed by atoms with Crippen LogP contribution in [0.4, 0.5) is 13.2 Å². The van der Waals surface area contributed by atoms with Crippen molar-refractivity contribution in [2.45, 2.75) is 0 Å². The summed E-state index contributed by atoms with van der Waals surface area (Å²) in [6, 6.07) is 1.48. The Morgan fingerprint density at radius 3 is 2.50 bits per heavy atom. The number of likely N-dealkylation sites (N-methyl/N-ethyl adjacent to an activating group) is 1. The van der Waals surface area contributed by atoms with Crippen molar-refractivity contribution < 1.29 is 22.8 Å². The third-order valence-electron chi connectivity index (χ3n) is 1.96. The number of carbonyl (C=O) groups excluding carboxylic acids is 2. The maximum Gasteiger partial charge on any atom is 0.257 e. The van der Waals surface area contributed by atoms with E-state index < -0.39 is 28.9 Å². The summed E-state index contributed by atoms with van der Waals surface area (Å²) < 4.78 is 38.5. The fourth-order valence-electron chi connectivity index (χ4n) is 1.09. The molecular weight excluding hydrogens is 223 g/mol. The monoisotopic (exact) mass is 231 g/mol. The van der Waals surface area contributed by atoms with Crippen LogP contribution >= 0.6 is 0 Å². The van der Waals surface area contributed by atoms with E-state index in [2.05, 4.69) is 0 Å². The summed E-state index contributed by atoms with van der Waals surface area (Å²) in [4.78, 5) is 22.5. The molecular formula is C10H8F3NO2. The molecule has 16 heavy (non-hydrogen) atoms. The summed E-state index contributed by atoms with van der Waals surface area (Å²) >= 11 is 0. The van der Waals surface area contributed by atoms with Gasteiger partial charge in [0.2, 0.25) is 0 Å². The highest BCUT2D eigenvalue weighted by molar-refractivity contribution is 5.95. The highest BCUT2D eigenvalue weighted by Crippen LogP contribution is 2.16. The van der Waals surface area contributed by atoms with E-state index in [1.165, 1.54) is 7.05 Å². The molecule has 0 saturated carbocycles. The van der Waals surface area contributed by atoms with Crippen LogP contribution in [0.25, 0.3) is 0 Å². The minimum Gasteiger partial charge on any atom is -0.335 e. The molecule has 86 valence electrons. The van der Waals surface area contributed by atoms with Crippen LogP contribution in [0.1, 0.15) is 10.4 Å². The minimum absolute atomic E-state index is 0.253. The maximum atomic E-state index is 13.2. The van der Waals surface area contributed by atoms with Gasteiger partial charge < -0.3 is 9.69 Å². The number of benzene rings is 1. The number of hydrogen-bond donors (Lipinski definition) is 0. The van der Waals surface area contributed by atoms with Crippen LogP contribution in [0.5, 0.6) is 0 Å². The van der Waals surface area contributed by atoms with E-state index in [-0.39, 0.29) is 6.54 Å². The van der Waals surface area contributed by atoms with Crippen LogP contribution in [0.2, 0.25) is 0 Å². The minimum atomic E-state index is -1.70. The number of amides is 1. The highest BCUT2D eigenvalue weighted by Gasteiger charge is 2.20. The lowest BCUT2D eigenvalue weighted by Crippen LogP contribution is -2.29. The highest BCUT2D eigenvalue weighted by atomic mass is 19.2. The molecule has 0 fully saturated rings. The molecule has 0 radical (unpaired) electrons. The fourth-order valence-corrected chi connectivity index (χ4v) is 1.09. The van der Waals surface area contributed by atoms with Crippen molar-refractivity contribution in [1.82, 2.24) is 4.90 Å². The third-order valence-corrected chi connectivity index (χ3v) is 1.96. The second-order valence-corrected chi connectivity index (χ2v) is 3.08. The van der Waals surface area contributed by atoms with Crippen LogP contribution < -0.4 is 0 Å². The lowest BCUT2D eigenvalue weighted by Gasteiger charge is -2.14. The molecule has 1 amide bonds. The number of hydrogen-bond acceptors (Lipinski definition) is 2. The zero-order chi connectivity index (χ0) is 12.3. The fraction of sp³-hybridized carbons (Fsp3) is 0.200. The van der Waals surface area contributed by atoms with E-state index in [1.807, 2.05) is 0 Å². The predicted octanol–water partition coefficient (Wildman–Crippen LogP) is 1.37. The summed E-state index contributed by atoms with van der Waals surface area (Å²) in [6.45, 7) is -0.253. The first-order valence-corrected chi connectivity index (χ1v) is 4.31. The normalized spacial score (nSPS) is 10.0. The Labute approximate surface area is 89.5 Å². The molecule has 0 heterocycles. The third kappa shape index (κ3) is 2.21. The van der Waals surface area contributed by atoms with Crippen LogP contribution in [0.15, 0.2) is 12.1 Å². The smallest absolute Gasteiger partial charge is 0.257 e. The molecule has 1 rings (SSSR count).